The molecular formula is C33H42S3. The second kappa shape index (κ2) is 10.0. The monoisotopic (exact) mass is 534 g/mol. The van der Waals surface area contributed by atoms with Crippen molar-refractivity contribution in [3.05, 3.63) is 91.0 Å². The number of hydrogen-bond donors (Lipinski definition) is 0. The third kappa shape index (κ3) is 5.74. The SMILES string of the molecule is CS(C)(C)c1ccccc1-c1cc(-c2ccccc2S(C)(C)C)cc(-c2ccccc2S(C)(C)C)c1. The van der Waals surface area contributed by atoms with Crippen molar-refractivity contribution in [3.63, 3.8) is 0 Å². The summed E-state index contributed by atoms with van der Waals surface area (Å²) in [5.41, 5.74) is 8.05. The third-order valence-corrected chi connectivity index (χ3v) is 11.5. The van der Waals surface area contributed by atoms with Gasteiger partial charge in [-0.15, -0.1) is 0 Å². The van der Waals surface area contributed by atoms with E-state index in [4.69, 9.17) is 0 Å². The quantitative estimate of drug-likeness (QED) is 0.231. The summed E-state index contributed by atoms with van der Waals surface area (Å²) in [6, 6.07) is 34.4. The average molecular weight is 535 g/mol. The second-order valence-corrected chi connectivity index (χ2v) is 24.1. The van der Waals surface area contributed by atoms with Gasteiger partial charge >= 0.3 is 0 Å². The van der Waals surface area contributed by atoms with Crippen LogP contribution in [0, 0.1) is 0 Å². The number of benzene rings is 4. The summed E-state index contributed by atoms with van der Waals surface area (Å²) in [5, 5.41) is 0. The van der Waals surface area contributed by atoms with Crippen LogP contribution in [0.5, 0.6) is 0 Å². The van der Waals surface area contributed by atoms with Crippen molar-refractivity contribution in [2.45, 2.75) is 14.7 Å². The molecule has 0 aromatic heterocycles. The minimum Gasteiger partial charge on any atom is -0.223 e. The van der Waals surface area contributed by atoms with Crippen LogP contribution in [-0.2, 0) is 0 Å². The Morgan fingerprint density at radius 1 is 0.333 bits per heavy atom. The standard InChI is InChI=1S/C33H42S3/c1-34(2,3)31-19-13-10-16-28(31)25-22-26(29-17-11-14-20-32(29)35(4,5)6)24-27(23-25)30-18-12-15-21-33(30)36(7,8)9/h10-24H,1-9H3. The van der Waals surface area contributed by atoms with E-state index < -0.39 is 30.1 Å². The van der Waals surface area contributed by atoms with Gasteiger partial charge in [0.05, 0.1) is 0 Å². The highest BCUT2D eigenvalue weighted by molar-refractivity contribution is 8.32. The Labute approximate surface area is 224 Å². The molecule has 0 heterocycles. The molecule has 4 aromatic carbocycles. The first-order valence-electron chi connectivity index (χ1n) is 12.3. The van der Waals surface area contributed by atoms with Gasteiger partial charge in [0.25, 0.3) is 0 Å². The van der Waals surface area contributed by atoms with Gasteiger partial charge in [-0.25, -0.2) is 30.1 Å². The van der Waals surface area contributed by atoms with Crippen LogP contribution in [0.3, 0.4) is 0 Å². The van der Waals surface area contributed by atoms with E-state index in [0.717, 1.165) is 0 Å². The molecule has 0 aliphatic carbocycles. The molecule has 0 unspecified atom stereocenters. The van der Waals surface area contributed by atoms with Gasteiger partial charge in [0.2, 0.25) is 0 Å². The van der Waals surface area contributed by atoms with Gasteiger partial charge in [-0.3, -0.25) is 0 Å². The Balaban J connectivity index is 2.08. The van der Waals surface area contributed by atoms with E-state index in [0.29, 0.717) is 0 Å². The summed E-state index contributed by atoms with van der Waals surface area (Å²) in [4.78, 5) is 4.41. The Morgan fingerprint density at radius 2 is 0.556 bits per heavy atom. The van der Waals surface area contributed by atoms with Crippen molar-refractivity contribution >= 4 is 30.1 Å². The van der Waals surface area contributed by atoms with E-state index in [9.17, 15) is 0 Å². The van der Waals surface area contributed by atoms with Gasteiger partial charge in [0.15, 0.2) is 0 Å². The Bertz CT molecular complexity index is 1200. The van der Waals surface area contributed by atoms with Crippen molar-refractivity contribution in [3.8, 4) is 33.4 Å². The maximum atomic E-state index is 2.43. The molecule has 0 N–H and O–H groups in total. The zero-order chi connectivity index (χ0) is 26.3. The molecule has 0 aliphatic rings. The number of rotatable bonds is 6. The molecular weight excluding hydrogens is 493 g/mol. The minimum atomic E-state index is -0.891. The highest BCUT2D eigenvalue weighted by atomic mass is 32.3. The normalized spacial score (nSPS) is 13.9. The number of hydrogen-bond acceptors (Lipinski definition) is 0. The Morgan fingerprint density at radius 3 is 0.778 bits per heavy atom. The van der Waals surface area contributed by atoms with Crippen molar-refractivity contribution in [2.24, 2.45) is 0 Å². The van der Waals surface area contributed by atoms with E-state index in [2.05, 4.69) is 147 Å². The second-order valence-electron chi connectivity index (χ2n) is 11.8. The van der Waals surface area contributed by atoms with Crippen LogP contribution < -0.4 is 0 Å². The van der Waals surface area contributed by atoms with Crippen LogP contribution in [0.25, 0.3) is 33.4 Å². The summed E-state index contributed by atoms with van der Waals surface area (Å²) in [6.07, 6.45) is 21.6. The first-order valence-corrected chi connectivity index (χ1v) is 20.8. The van der Waals surface area contributed by atoms with Crippen LogP contribution in [0.4, 0.5) is 0 Å². The summed E-state index contributed by atoms with van der Waals surface area (Å²) >= 11 is 0. The Kier molecular flexibility index (Phi) is 7.50. The molecule has 0 saturated heterocycles. The predicted molar refractivity (Wildman–Crippen MR) is 174 cm³/mol. The van der Waals surface area contributed by atoms with Gasteiger partial charge in [-0.05, 0) is 141 Å². The van der Waals surface area contributed by atoms with Crippen molar-refractivity contribution < 1.29 is 0 Å². The molecule has 4 aromatic rings. The maximum Gasteiger partial charge on any atom is -0.00275 e. The lowest BCUT2D eigenvalue weighted by atomic mass is 9.93. The van der Waals surface area contributed by atoms with Crippen LogP contribution in [0.2, 0.25) is 0 Å². The molecule has 0 atom stereocenters. The highest BCUT2D eigenvalue weighted by Crippen LogP contribution is 2.54. The lowest BCUT2D eigenvalue weighted by Gasteiger charge is -2.31. The lowest BCUT2D eigenvalue weighted by molar-refractivity contribution is 1.39. The molecule has 3 heteroatoms. The summed E-state index contributed by atoms with van der Waals surface area (Å²) in [5.74, 6) is 0. The smallest absolute Gasteiger partial charge is 0.00275 e. The van der Waals surface area contributed by atoms with Crippen molar-refractivity contribution in [1.82, 2.24) is 0 Å². The first-order chi connectivity index (χ1) is 16.8. The molecule has 0 saturated carbocycles. The maximum absolute atomic E-state index is 2.43. The van der Waals surface area contributed by atoms with Crippen LogP contribution in [-0.4, -0.2) is 56.3 Å². The summed E-state index contributed by atoms with van der Waals surface area (Å²) in [7, 11) is -2.67. The van der Waals surface area contributed by atoms with E-state index in [1.807, 2.05) is 0 Å². The fraction of sp³-hybridized carbons (Fsp3) is 0.273. The zero-order valence-electron chi connectivity index (χ0n) is 23.4. The van der Waals surface area contributed by atoms with Gasteiger partial charge in [-0.1, -0.05) is 54.6 Å². The molecule has 0 nitrogen and oxygen atoms in total. The first kappa shape index (κ1) is 27.0. The lowest BCUT2D eigenvalue weighted by Crippen LogP contribution is -1.99. The zero-order valence-corrected chi connectivity index (χ0v) is 25.8. The minimum absolute atomic E-state index is 0.891. The molecule has 0 amide bonds. The van der Waals surface area contributed by atoms with Gasteiger partial charge in [0.1, 0.15) is 0 Å². The van der Waals surface area contributed by atoms with E-state index in [1.165, 1.54) is 48.1 Å². The topological polar surface area (TPSA) is 0 Å². The van der Waals surface area contributed by atoms with Crippen molar-refractivity contribution in [1.29, 1.82) is 0 Å². The largest absolute Gasteiger partial charge is 0.223 e. The van der Waals surface area contributed by atoms with E-state index >= 15 is 0 Å². The van der Waals surface area contributed by atoms with Crippen LogP contribution >= 0.6 is 30.1 Å². The average Bonchev–Trinajstić information content (AvgIpc) is 2.82. The molecule has 0 bridgehead atoms. The molecule has 192 valence electrons. The molecule has 4 rings (SSSR count). The molecule has 0 fully saturated rings. The van der Waals surface area contributed by atoms with Crippen LogP contribution in [0.1, 0.15) is 0 Å². The van der Waals surface area contributed by atoms with Gasteiger partial charge in [-0.2, -0.15) is 0 Å². The van der Waals surface area contributed by atoms with Crippen LogP contribution in [0.15, 0.2) is 106 Å². The fourth-order valence-corrected chi connectivity index (χ4v) is 8.81. The molecule has 0 aliphatic heterocycles. The summed E-state index contributed by atoms with van der Waals surface area (Å²) < 4.78 is 0. The van der Waals surface area contributed by atoms with Gasteiger partial charge in [0, 0.05) is 0 Å². The summed E-state index contributed by atoms with van der Waals surface area (Å²) in [6.45, 7) is 0. The predicted octanol–water partition coefficient (Wildman–Crippen LogP) is 9.85. The van der Waals surface area contributed by atoms with E-state index in [1.54, 1.807) is 0 Å². The van der Waals surface area contributed by atoms with Gasteiger partial charge < -0.3 is 0 Å². The Hall–Kier alpha value is -2.07. The fourth-order valence-electron chi connectivity index (χ4n) is 4.81. The third-order valence-electron chi connectivity index (χ3n) is 6.51. The van der Waals surface area contributed by atoms with Crippen molar-refractivity contribution in [2.75, 3.05) is 56.3 Å². The molecule has 0 radical (unpaired) electrons. The highest BCUT2D eigenvalue weighted by Gasteiger charge is 2.20. The molecule has 36 heavy (non-hydrogen) atoms. The molecule has 0 spiro atoms. The van der Waals surface area contributed by atoms with E-state index in [-0.39, 0.29) is 0 Å².